The van der Waals surface area contributed by atoms with Gasteiger partial charge in [-0.2, -0.15) is 0 Å². The van der Waals surface area contributed by atoms with Gasteiger partial charge in [-0.3, -0.25) is 0 Å². The fraction of sp³-hybridized carbons (Fsp3) is 0.833. The van der Waals surface area contributed by atoms with Gasteiger partial charge in [0.2, 0.25) is 0 Å². The molecule has 0 aliphatic carbocycles. The first-order chi connectivity index (χ1) is 3.35. The Bertz CT molecular complexity index is 30.0. The Morgan fingerprint density at radius 3 is 1.62 bits per heavy atom. The van der Waals surface area contributed by atoms with Crippen LogP contribution in [0, 0.1) is 6.92 Å². The molecule has 0 rings (SSSR count). The Balaban J connectivity index is 0. The second kappa shape index (κ2) is 7.67. The number of nitrogens with zero attached hydrogens (tertiary/aromatic N) is 1. The largest absolute Gasteiger partial charge is 0.333 e. The first kappa shape index (κ1) is 11.5. The Labute approximate surface area is 67.3 Å². The van der Waals surface area contributed by atoms with Crippen LogP contribution in [-0.4, -0.2) is 24.5 Å². The summed E-state index contributed by atoms with van der Waals surface area (Å²) < 4.78 is 0. The molecule has 0 aromatic rings. The molecule has 0 bridgehead atoms. The van der Waals surface area contributed by atoms with E-state index in [-0.39, 0.29) is 21.7 Å². The molecule has 0 aliphatic heterocycles. The third-order valence-corrected chi connectivity index (χ3v) is 1.21. The smallest absolute Gasteiger partial charge is 0 e. The third kappa shape index (κ3) is 4.82. The van der Waals surface area contributed by atoms with Crippen LogP contribution in [0.1, 0.15) is 13.8 Å². The average Bonchev–Trinajstić information content (AvgIpc) is 1.72. The summed E-state index contributed by atoms with van der Waals surface area (Å²) in [6.07, 6.45) is 0. The molecule has 48 valence electrons. The van der Waals surface area contributed by atoms with Crippen molar-refractivity contribution in [2.45, 2.75) is 13.8 Å². The van der Waals surface area contributed by atoms with Crippen molar-refractivity contribution < 1.29 is 21.7 Å². The molecule has 0 unspecified atom stereocenters. The predicted octanol–water partition coefficient (Wildman–Crippen LogP) is 1.16. The molecule has 0 fully saturated rings. The maximum atomic E-state index is 3.75. The summed E-state index contributed by atoms with van der Waals surface area (Å²) >= 11 is 0. The molecule has 0 spiro atoms. The summed E-state index contributed by atoms with van der Waals surface area (Å²) in [5.74, 6) is 0. The molecule has 0 aliphatic rings. The first-order valence-electron chi connectivity index (χ1n) is 2.86. The van der Waals surface area contributed by atoms with Crippen molar-refractivity contribution in [3.05, 3.63) is 6.92 Å². The van der Waals surface area contributed by atoms with Gasteiger partial charge in [0.15, 0.2) is 0 Å². The van der Waals surface area contributed by atoms with Crippen LogP contribution in [0.3, 0.4) is 0 Å². The van der Waals surface area contributed by atoms with Crippen LogP contribution in [0.5, 0.6) is 0 Å². The van der Waals surface area contributed by atoms with Crippen molar-refractivity contribution in [2.75, 3.05) is 19.6 Å². The van der Waals surface area contributed by atoms with Gasteiger partial charge in [0.1, 0.15) is 0 Å². The first-order valence-corrected chi connectivity index (χ1v) is 2.86. The molecule has 0 atom stereocenters. The number of hydrogen-bond acceptors (Lipinski definition) is 1. The van der Waals surface area contributed by atoms with Crippen LogP contribution in [0.4, 0.5) is 0 Å². The fourth-order valence-electron chi connectivity index (χ4n) is 0.540. The minimum atomic E-state index is 0. The van der Waals surface area contributed by atoms with Gasteiger partial charge in [-0.25, -0.2) is 0 Å². The van der Waals surface area contributed by atoms with E-state index in [1.165, 1.54) is 0 Å². The molecule has 0 saturated carbocycles. The molecule has 0 aromatic heterocycles. The third-order valence-electron chi connectivity index (χ3n) is 1.21. The summed E-state index contributed by atoms with van der Waals surface area (Å²) in [6, 6.07) is 0. The van der Waals surface area contributed by atoms with E-state index in [1.807, 2.05) is 0 Å². The van der Waals surface area contributed by atoms with Gasteiger partial charge in [0, 0.05) is 21.7 Å². The summed E-state index contributed by atoms with van der Waals surface area (Å²) in [7, 11) is 0. The van der Waals surface area contributed by atoms with Gasteiger partial charge >= 0.3 is 0 Å². The standard InChI is InChI=1S/C6H14N.Ti/c1-4-7(5-2)6-3;/h1,4-6H2,2-3H3;/q-1;. The van der Waals surface area contributed by atoms with Crippen LogP contribution in [0.15, 0.2) is 0 Å². The Kier molecular flexibility index (Phi) is 11.0. The van der Waals surface area contributed by atoms with Gasteiger partial charge in [-0.1, -0.05) is 13.8 Å². The van der Waals surface area contributed by atoms with Crippen molar-refractivity contribution in [3.8, 4) is 0 Å². The van der Waals surface area contributed by atoms with Crippen LogP contribution in [0.2, 0.25) is 0 Å². The van der Waals surface area contributed by atoms with Crippen LogP contribution >= 0.6 is 0 Å². The minimum absolute atomic E-state index is 0. The van der Waals surface area contributed by atoms with E-state index in [0.29, 0.717) is 0 Å². The average molecular weight is 148 g/mol. The van der Waals surface area contributed by atoms with Crippen LogP contribution in [0.25, 0.3) is 0 Å². The topological polar surface area (TPSA) is 3.24 Å². The van der Waals surface area contributed by atoms with Gasteiger partial charge in [0.25, 0.3) is 0 Å². The Morgan fingerprint density at radius 2 is 1.62 bits per heavy atom. The zero-order valence-corrected chi connectivity index (χ0v) is 7.34. The maximum absolute atomic E-state index is 3.75. The minimum Gasteiger partial charge on any atom is -0.333 e. The Morgan fingerprint density at radius 1 is 1.25 bits per heavy atom. The van der Waals surface area contributed by atoms with Gasteiger partial charge in [-0.05, 0) is 13.1 Å². The van der Waals surface area contributed by atoms with E-state index in [1.54, 1.807) is 0 Å². The molecule has 0 heterocycles. The molecule has 0 N–H and O–H groups in total. The maximum Gasteiger partial charge on any atom is 0 e. The monoisotopic (exact) mass is 148 g/mol. The van der Waals surface area contributed by atoms with Crippen molar-refractivity contribution in [1.82, 2.24) is 4.90 Å². The molecular formula is C6H14NTi-. The molecule has 1 nitrogen and oxygen atoms in total. The van der Waals surface area contributed by atoms with Crippen LogP contribution < -0.4 is 0 Å². The SMILES string of the molecule is [CH2-]CN(CC)CC.[Ti]. The molecule has 0 aromatic carbocycles. The second-order valence-corrected chi connectivity index (χ2v) is 1.53. The molecular weight excluding hydrogens is 134 g/mol. The number of hydrogen-bond donors (Lipinski definition) is 0. The molecule has 0 saturated heterocycles. The predicted molar refractivity (Wildman–Crippen MR) is 33.1 cm³/mol. The fourth-order valence-corrected chi connectivity index (χ4v) is 0.540. The normalized spacial score (nSPS) is 9.00. The summed E-state index contributed by atoms with van der Waals surface area (Å²) in [5.41, 5.74) is 0. The zero-order valence-electron chi connectivity index (χ0n) is 5.78. The second-order valence-electron chi connectivity index (χ2n) is 1.53. The Hall–Kier alpha value is 0.674. The molecule has 8 heavy (non-hydrogen) atoms. The van der Waals surface area contributed by atoms with Gasteiger partial charge < -0.3 is 11.8 Å². The van der Waals surface area contributed by atoms with Crippen molar-refractivity contribution in [1.29, 1.82) is 0 Å². The summed E-state index contributed by atoms with van der Waals surface area (Å²) in [6.45, 7) is 11.2. The summed E-state index contributed by atoms with van der Waals surface area (Å²) in [5, 5.41) is 0. The van der Waals surface area contributed by atoms with E-state index in [2.05, 4.69) is 25.7 Å². The zero-order chi connectivity index (χ0) is 5.70. The summed E-state index contributed by atoms with van der Waals surface area (Å²) in [4.78, 5) is 2.26. The van der Waals surface area contributed by atoms with Gasteiger partial charge in [0.05, 0.1) is 0 Å². The van der Waals surface area contributed by atoms with Crippen molar-refractivity contribution in [2.24, 2.45) is 0 Å². The van der Waals surface area contributed by atoms with Gasteiger partial charge in [-0.15, -0.1) is 6.54 Å². The molecule has 2 heteroatoms. The van der Waals surface area contributed by atoms with Crippen LogP contribution in [-0.2, 0) is 21.7 Å². The van der Waals surface area contributed by atoms with E-state index >= 15 is 0 Å². The molecule has 0 radical (unpaired) electrons. The van der Waals surface area contributed by atoms with E-state index in [4.69, 9.17) is 0 Å². The van der Waals surface area contributed by atoms with E-state index in [0.717, 1.165) is 19.6 Å². The van der Waals surface area contributed by atoms with E-state index < -0.39 is 0 Å². The van der Waals surface area contributed by atoms with E-state index in [9.17, 15) is 0 Å². The van der Waals surface area contributed by atoms with Crippen molar-refractivity contribution >= 4 is 0 Å². The molecule has 0 amide bonds. The van der Waals surface area contributed by atoms with Crippen molar-refractivity contribution in [3.63, 3.8) is 0 Å². The number of rotatable bonds is 3. The quantitative estimate of drug-likeness (QED) is 0.428.